The topological polar surface area (TPSA) is 234 Å². The van der Waals surface area contributed by atoms with E-state index in [0.717, 1.165) is 24.3 Å². The van der Waals surface area contributed by atoms with Crippen molar-refractivity contribution in [3.8, 4) is 11.9 Å². The lowest BCUT2D eigenvalue weighted by molar-refractivity contribution is -0.113. The van der Waals surface area contributed by atoms with Crippen molar-refractivity contribution in [3.63, 3.8) is 0 Å². The number of fused-ring (bicyclic) bond motifs is 4. The number of nitrogens with zero attached hydrogens (tertiary/aromatic N) is 2. The van der Waals surface area contributed by atoms with Gasteiger partial charge in [0, 0.05) is 21.2 Å². The van der Waals surface area contributed by atoms with Crippen LogP contribution in [0.25, 0.3) is 33.1 Å². The van der Waals surface area contributed by atoms with Gasteiger partial charge in [-0.15, -0.1) is 0 Å². The van der Waals surface area contributed by atoms with Crippen molar-refractivity contribution in [1.82, 2.24) is 0 Å². The largest absolute Gasteiger partial charge is 0.480 e. The lowest BCUT2D eigenvalue weighted by atomic mass is 9.98. The fourth-order valence-electron chi connectivity index (χ4n) is 5.13. The van der Waals surface area contributed by atoms with E-state index in [-0.39, 0.29) is 65.4 Å². The zero-order chi connectivity index (χ0) is 29.9. The van der Waals surface area contributed by atoms with Gasteiger partial charge in [-0.05, 0) is 48.5 Å². The van der Waals surface area contributed by atoms with E-state index in [1.165, 1.54) is 24.3 Å². The highest BCUT2D eigenvalue weighted by Crippen LogP contribution is 2.43. The molecule has 14 nitrogen and oxygen atoms in total. The number of carbonyl (C=O) groups excluding carboxylic acids is 2. The van der Waals surface area contributed by atoms with E-state index in [2.05, 4.69) is 9.98 Å². The Hall–Kier alpha value is -5.16. The molecule has 0 unspecified atom stereocenters. The van der Waals surface area contributed by atoms with Gasteiger partial charge in [-0.25, -0.2) is 9.98 Å². The third kappa shape index (κ3) is 3.63. The van der Waals surface area contributed by atoms with Gasteiger partial charge in [0.25, 0.3) is 43.9 Å². The molecule has 210 valence electrons. The number of benzene rings is 3. The van der Waals surface area contributed by atoms with Gasteiger partial charge < -0.3 is 19.0 Å². The van der Waals surface area contributed by atoms with Gasteiger partial charge in [-0.3, -0.25) is 18.7 Å². The Morgan fingerprint density at radius 3 is 1.33 bits per heavy atom. The second-order valence-corrected chi connectivity index (χ2v) is 12.1. The van der Waals surface area contributed by atoms with Gasteiger partial charge in [-0.1, -0.05) is 0 Å². The average Bonchev–Trinajstić information content (AvgIpc) is 3.58. The van der Waals surface area contributed by atoms with Crippen molar-refractivity contribution in [2.45, 2.75) is 9.79 Å². The predicted octanol–water partition coefficient (Wildman–Crippen LogP) is -0.199. The first-order valence-electron chi connectivity index (χ1n) is 11.6. The predicted molar refractivity (Wildman–Crippen MR) is 138 cm³/mol. The number of hydrogen-bond acceptors (Lipinski definition) is 10. The van der Waals surface area contributed by atoms with E-state index in [0.29, 0.717) is 0 Å². The summed E-state index contributed by atoms with van der Waals surface area (Å²) in [6.07, 6.45) is 0. The summed E-state index contributed by atoms with van der Waals surface area (Å²) in [5, 5.41) is 21.8. The minimum absolute atomic E-state index is 0.00355. The summed E-state index contributed by atoms with van der Waals surface area (Å²) >= 11 is 0. The molecule has 5 aromatic rings. The molecule has 7 rings (SSSR count). The first-order chi connectivity index (χ1) is 19.7. The number of rotatable bonds is 4. The smallest absolute Gasteiger partial charge is 0.294 e. The van der Waals surface area contributed by atoms with Gasteiger partial charge in [0.15, 0.2) is 0 Å². The Kier molecular flexibility index (Phi) is 5.03. The summed E-state index contributed by atoms with van der Waals surface area (Å²) in [4.78, 5) is 32.5. The minimum atomic E-state index is -4.64. The molecule has 4 N–H and O–H groups in total. The van der Waals surface area contributed by atoms with Crippen LogP contribution in [0.5, 0.6) is 11.9 Å². The van der Waals surface area contributed by atoms with Gasteiger partial charge in [-0.2, -0.15) is 16.8 Å². The summed E-state index contributed by atoms with van der Waals surface area (Å²) in [5.74, 6) is -3.15. The van der Waals surface area contributed by atoms with Crippen LogP contribution < -0.4 is 21.2 Å². The van der Waals surface area contributed by atoms with Crippen LogP contribution in [-0.4, -0.2) is 48.0 Å². The number of aromatic hydroxyl groups is 2. The molecule has 3 aromatic carbocycles. The van der Waals surface area contributed by atoms with E-state index in [9.17, 15) is 45.7 Å². The third-order valence-corrected chi connectivity index (χ3v) is 8.60. The lowest BCUT2D eigenvalue weighted by Gasteiger charge is -2.01. The van der Waals surface area contributed by atoms with Crippen LogP contribution in [-0.2, 0) is 29.8 Å². The second-order valence-electron chi connectivity index (χ2n) is 9.30. The number of hydrogen-bond donors (Lipinski definition) is 4. The van der Waals surface area contributed by atoms with Crippen molar-refractivity contribution in [2.75, 3.05) is 0 Å². The summed E-state index contributed by atoms with van der Waals surface area (Å²) in [6.45, 7) is 0. The second kappa shape index (κ2) is 8.20. The van der Waals surface area contributed by atoms with Crippen molar-refractivity contribution in [1.29, 1.82) is 0 Å². The maximum absolute atomic E-state index is 12.9. The Bertz CT molecular complexity index is 2450. The normalized spacial score (nSPS) is 14.9. The van der Waals surface area contributed by atoms with E-state index in [4.69, 9.17) is 8.83 Å². The van der Waals surface area contributed by atoms with E-state index >= 15 is 0 Å². The van der Waals surface area contributed by atoms with Crippen LogP contribution in [0.15, 0.2) is 77.1 Å². The van der Waals surface area contributed by atoms with Crippen LogP contribution in [0.1, 0.15) is 11.1 Å². The van der Waals surface area contributed by atoms with Crippen molar-refractivity contribution in [3.05, 3.63) is 80.8 Å². The molecular formula is C26H12N2O12S2. The van der Waals surface area contributed by atoms with Gasteiger partial charge in [0.05, 0.1) is 42.8 Å². The van der Waals surface area contributed by atoms with Crippen molar-refractivity contribution >= 4 is 65.1 Å². The average molecular weight is 609 g/mol. The third-order valence-electron chi connectivity index (χ3n) is 6.90. The van der Waals surface area contributed by atoms with E-state index in [1.54, 1.807) is 0 Å². The summed E-state index contributed by atoms with van der Waals surface area (Å²) in [5.41, 5.74) is -0.904. The Morgan fingerprint density at radius 2 is 0.976 bits per heavy atom. The number of carbonyl (C=O) groups is 2. The summed E-state index contributed by atoms with van der Waals surface area (Å²) in [7, 11) is -9.28. The van der Waals surface area contributed by atoms with Crippen molar-refractivity contribution in [2.24, 2.45) is 9.98 Å². The van der Waals surface area contributed by atoms with Crippen molar-refractivity contribution < 1.29 is 54.6 Å². The van der Waals surface area contributed by atoms with E-state index < -0.39 is 53.7 Å². The standard InChI is InChI=1S/C26H12N2O12S2/c29-23-19(11-5-9(41(33,34)35)1-3-15(11)27-23)21-13-7-18-14(8-17(13)39-25(21)31)22(26(32)40-18)20-12-6-10(42(36,37)38)2-4-16(12)28-24(20)30/h1-8,31-32H,(H,33,34,35)(H,36,37,38). The SMILES string of the molecule is O=C1N=c2ccc(S(=O)(=O)O)cc2=C1c1c(O)oc2cc3c(C4=c5cc(S(=O)(=O)O)ccc5=NC4=O)c(O)oc3cc12. The molecule has 4 heterocycles. The molecule has 0 spiro atoms. The van der Waals surface area contributed by atoms with Crippen LogP contribution in [0, 0.1) is 0 Å². The van der Waals surface area contributed by atoms with Crippen LogP contribution in [0.4, 0.5) is 0 Å². The molecule has 0 fully saturated rings. The zero-order valence-corrected chi connectivity index (χ0v) is 22.0. The molecule has 0 aliphatic carbocycles. The fraction of sp³-hybridized carbons (Fsp3) is 0. The molecule has 2 aromatic heterocycles. The highest BCUT2D eigenvalue weighted by atomic mass is 32.2. The molecule has 2 aliphatic rings. The maximum Gasteiger partial charge on any atom is 0.294 e. The lowest BCUT2D eigenvalue weighted by Crippen LogP contribution is -2.24. The monoisotopic (exact) mass is 608 g/mol. The molecule has 0 saturated heterocycles. The maximum atomic E-state index is 12.9. The van der Waals surface area contributed by atoms with Crippen LogP contribution in [0.3, 0.4) is 0 Å². The summed E-state index contributed by atoms with van der Waals surface area (Å²) < 4.78 is 76.7. The highest BCUT2D eigenvalue weighted by Gasteiger charge is 2.31. The zero-order valence-electron chi connectivity index (χ0n) is 20.4. The molecule has 42 heavy (non-hydrogen) atoms. The molecule has 2 aliphatic heterocycles. The number of furan rings is 2. The van der Waals surface area contributed by atoms with Crippen LogP contribution >= 0.6 is 0 Å². The molecular weight excluding hydrogens is 596 g/mol. The van der Waals surface area contributed by atoms with Crippen LogP contribution in [0.2, 0.25) is 0 Å². The van der Waals surface area contributed by atoms with Gasteiger partial charge >= 0.3 is 0 Å². The Balaban J connectivity index is 1.52. The van der Waals surface area contributed by atoms with Gasteiger partial charge in [0.1, 0.15) is 11.2 Å². The molecule has 0 radical (unpaired) electrons. The molecule has 2 amide bonds. The molecule has 0 bridgehead atoms. The minimum Gasteiger partial charge on any atom is -0.480 e. The molecule has 16 heteroatoms. The Labute approximate surface area is 232 Å². The summed E-state index contributed by atoms with van der Waals surface area (Å²) in [6, 6.07) is 9.17. The quantitative estimate of drug-likeness (QED) is 0.194. The first kappa shape index (κ1) is 25.8. The fourth-order valence-corrected chi connectivity index (χ4v) is 6.15. The van der Waals surface area contributed by atoms with Gasteiger partial charge in [0.2, 0.25) is 0 Å². The van der Waals surface area contributed by atoms with E-state index in [1.807, 2.05) is 0 Å². The first-order valence-corrected chi connectivity index (χ1v) is 14.5. The number of amides is 2. The molecule has 0 atom stereocenters. The molecule has 0 saturated carbocycles. The highest BCUT2D eigenvalue weighted by molar-refractivity contribution is 7.86. The Morgan fingerprint density at radius 1 is 0.595 bits per heavy atom.